The fraction of sp³-hybridized carbons (Fsp3) is 0.294. The van der Waals surface area contributed by atoms with Crippen LogP contribution < -0.4 is 5.32 Å². The van der Waals surface area contributed by atoms with Crippen LogP contribution in [0.5, 0.6) is 0 Å². The summed E-state index contributed by atoms with van der Waals surface area (Å²) in [6.07, 6.45) is 4.78. The number of fused-ring (bicyclic) bond motifs is 1. The standard InChI is InChI=1S/C17H20N4/c1-3-12-21-16(9-11-20-21)17(18-2)14-6-4-8-15-13(14)7-5-10-19-15/h4-11,17-18H,3,12H2,1-2H3. The Labute approximate surface area is 124 Å². The number of rotatable bonds is 5. The van der Waals surface area contributed by atoms with Gasteiger partial charge in [-0.15, -0.1) is 0 Å². The van der Waals surface area contributed by atoms with E-state index in [1.165, 1.54) is 16.6 Å². The molecular weight excluding hydrogens is 260 g/mol. The van der Waals surface area contributed by atoms with E-state index in [0.717, 1.165) is 18.5 Å². The zero-order chi connectivity index (χ0) is 14.7. The highest BCUT2D eigenvalue weighted by atomic mass is 15.3. The molecule has 0 saturated carbocycles. The lowest BCUT2D eigenvalue weighted by Crippen LogP contribution is -2.22. The third-order valence-electron chi connectivity index (χ3n) is 3.76. The molecule has 1 unspecified atom stereocenters. The van der Waals surface area contributed by atoms with Crippen LogP contribution in [0.25, 0.3) is 10.9 Å². The van der Waals surface area contributed by atoms with Crippen LogP contribution >= 0.6 is 0 Å². The van der Waals surface area contributed by atoms with Gasteiger partial charge in [0.15, 0.2) is 0 Å². The fourth-order valence-corrected chi connectivity index (χ4v) is 2.83. The van der Waals surface area contributed by atoms with E-state index >= 15 is 0 Å². The number of aromatic nitrogens is 3. The van der Waals surface area contributed by atoms with Crippen LogP contribution in [0.4, 0.5) is 0 Å². The second-order valence-corrected chi connectivity index (χ2v) is 5.12. The number of hydrogen-bond donors (Lipinski definition) is 1. The molecule has 0 aliphatic rings. The molecular formula is C17H20N4. The molecule has 0 aliphatic carbocycles. The molecule has 4 heteroatoms. The first kappa shape index (κ1) is 13.8. The van der Waals surface area contributed by atoms with E-state index in [4.69, 9.17) is 0 Å². The van der Waals surface area contributed by atoms with Gasteiger partial charge in [-0.05, 0) is 37.2 Å². The Hall–Kier alpha value is -2.20. The molecule has 3 rings (SSSR count). The van der Waals surface area contributed by atoms with Crippen molar-refractivity contribution in [3.63, 3.8) is 0 Å². The third-order valence-corrected chi connectivity index (χ3v) is 3.76. The Kier molecular flexibility index (Phi) is 3.97. The number of pyridine rings is 1. The van der Waals surface area contributed by atoms with Crippen LogP contribution in [-0.2, 0) is 6.54 Å². The summed E-state index contributed by atoms with van der Waals surface area (Å²) in [4.78, 5) is 4.45. The van der Waals surface area contributed by atoms with Gasteiger partial charge in [0.05, 0.1) is 17.3 Å². The van der Waals surface area contributed by atoms with Gasteiger partial charge in [-0.3, -0.25) is 9.67 Å². The van der Waals surface area contributed by atoms with Crippen LogP contribution in [-0.4, -0.2) is 21.8 Å². The largest absolute Gasteiger partial charge is 0.308 e. The van der Waals surface area contributed by atoms with Crippen LogP contribution in [0, 0.1) is 0 Å². The quantitative estimate of drug-likeness (QED) is 0.780. The van der Waals surface area contributed by atoms with Gasteiger partial charge >= 0.3 is 0 Å². The zero-order valence-electron chi connectivity index (χ0n) is 12.5. The van der Waals surface area contributed by atoms with E-state index in [1.54, 1.807) is 0 Å². The van der Waals surface area contributed by atoms with Crippen molar-refractivity contribution >= 4 is 10.9 Å². The first-order valence-electron chi connectivity index (χ1n) is 7.37. The summed E-state index contributed by atoms with van der Waals surface area (Å²) in [5, 5.41) is 9.05. The molecule has 0 amide bonds. The molecule has 1 aromatic carbocycles. The molecule has 0 aliphatic heterocycles. The van der Waals surface area contributed by atoms with Crippen LogP contribution in [0.1, 0.15) is 30.6 Å². The average molecular weight is 280 g/mol. The van der Waals surface area contributed by atoms with E-state index in [9.17, 15) is 0 Å². The molecule has 0 fully saturated rings. The Balaban J connectivity index is 2.12. The van der Waals surface area contributed by atoms with Crippen LogP contribution in [0.3, 0.4) is 0 Å². The monoisotopic (exact) mass is 280 g/mol. The molecule has 4 nitrogen and oxygen atoms in total. The van der Waals surface area contributed by atoms with E-state index in [0.29, 0.717) is 0 Å². The van der Waals surface area contributed by atoms with Crippen molar-refractivity contribution in [1.82, 2.24) is 20.1 Å². The zero-order valence-corrected chi connectivity index (χ0v) is 12.5. The van der Waals surface area contributed by atoms with E-state index in [-0.39, 0.29) is 6.04 Å². The molecule has 0 bridgehead atoms. The average Bonchev–Trinajstić information content (AvgIpc) is 2.97. The van der Waals surface area contributed by atoms with Gasteiger partial charge in [0.25, 0.3) is 0 Å². The number of nitrogens with one attached hydrogen (secondary N) is 1. The topological polar surface area (TPSA) is 42.7 Å². The first-order chi connectivity index (χ1) is 10.3. The SMILES string of the molecule is CCCn1nccc1C(NC)c1cccc2ncccc12. The molecule has 21 heavy (non-hydrogen) atoms. The van der Waals surface area contributed by atoms with Gasteiger partial charge in [-0.25, -0.2) is 0 Å². The summed E-state index contributed by atoms with van der Waals surface area (Å²) in [6.45, 7) is 3.10. The maximum Gasteiger partial charge on any atom is 0.0752 e. The second kappa shape index (κ2) is 6.06. The van der Waals surface area contributed by atoms with Crippen molar-refractivity contribution in [3.8, 4) is 0 Å². The predicted molar refractivity (Wildman–Crippen MR) is 85.2 cm³/mol. The predicted octanol–water partition coefficient (Wildman–Crippen LogP) is 3.15. The lowest BCUT2D eigenvalue weighted by Gasteiger charge is -2.20. The summed E-state index contributed by atoms with van der Waals surface area (Å²) in [7, 11) is 1.99. The van der Waals surface area contributed by atoms with Gasteiger partial charge < -0.3 is 5.32 Å². The molecule has 0 radical (unpaired) electrons. The smallest absolute Gasteiger partial charge is 0.0752 e. The molecule has 1 N–H and O–H groups in total. The van der Waals surface area contributed by atoms with Crippen molar-refractivity contribution in [1.29, 1.82) is 0 Å². The van der Waals surface area contributed by atoms with Crippen LogP contribution in [0.15, 0.2) is 48.8 Å². The minimum Gasteiger partial charge on any atom is -0.308 e. The first-order valence-corrected chi connectivity index (χ1v) is 7.37. The molecule has 3 aromatic rings. The van der Waals surface area contributed by atoms with E-state index < -0.39 is 0 Å². The third kappa shape index (κ3) is 2.54. The molecule has 108 valence electrons. The number of hydrogen-bond acceptors (Lipinski definition) is 3. The highest BCUT2D eigenvalue weighted by Gasteiger charge is 2.18. The van der Waals surface area contributed by atoms with Crippen LogP contribution in [0.2, 0.25) is 0 Å². The van der Waals surface area contributed by atoms with Gasteiger partial charge in [-0.2, -0.15) is 5.10 Å². The van der Waals surface area contributed by atoms with Gasteiger partial charge in [0.1, 0.15) is 0 Å². The maximum atomic E-state index is 4.45. The van der Waals surface area contributed by atoms with Crippen molar-refractivity contribution in [3.05, 3.63) is 60.0 Å². The summed E-state index contributed by atoms with van der Waals surface area (Å²) >= 11 is 0. The highest BCUT2D eigenvalue weighted by molar-refractivity contribution is 5.82. The summed E-state index contributed by atoms with van der Waals surface area (Å²) in [5.41, 5.74) is 3.45. The molecule has 2 heterocycles. The number of aryl methyl sites for hydroxylation is 1. The number of nitrogens with zero attached hydrogens (tertiary/aromatic N) is 3. The molecule has 0 saturated heterocycles. The molecule has 1 atom stereocenters. The van der Waals surface area contributed by atoms with Crippen molar-refractivity contribution in [2.45, 2.75) is 25.9 Å². The number of benzene rings is 1. The lowest BCUT2D eigenvalue weighted by molar-refractivity contribution is 0.536. The maximum absolute atomic E-state index is 4.45. The van der Waals surface area contributed by atoms with Gasteiger partial charge in [0, 0.05) is 24.3 Å². The minimum absolute atomic E-state index is 0.118. The Bertz CT molecular complexity index is 727. The Morgan fingerprint density at radius 3 is 2.86 bits per heavy atom. The summed E-state index contributed by atoms with van der Waals surface area (Å²) in [5.74, 6) is 0. The lowest BCUT2D eigenvalue weighted by atomic mass is 9.99. The second-order valence-electron chi connectivity index (χ2n) is 5.12. The molecule has 2 aromatic heterocycles. The fourth-order valence-electron chi connectivity index (χ4n) is 2.83. The Morgan fingerprint density at radius 1 is 1.14 bits per heavy atom. The van der Waals surface area contributed by atoms with Crippen molar-refractivity contribution in [2.24, 2.45) is 0 Å². The minimum atomic E-state index is 0.118. The van der Waals surface area contributed by atoms with Gasteiger partial charge in [-0.1, -0.05) is 25.1 Å². The Morgan fingerprint density at radius 2 is 2.05 bits per heavy atom. The molecule has 0 spiro atoms. The van der Waals surface area contributed by atoms with E-state index in [2.05, 4.69) is 57.3 Å². The van der Waals surface area contributed by atoms with Crippen molar-refractivity contribution in [2.75, 3.05) is 7.05 Å². The highest BCUT2D eigenvalue weighted by Crippen LogP contribution is 2.27. The summed E-state index contributed by atoms with van der Waals surface area (Å²) in [6, 6.07) is 12.6. The summed E-state index contributed by atoms with van der Waals surface area (Å²) < 4.78 is 2.08. The van der Waals surface area contributed by atoms with E-state index in [1.807, 2.05) is 25.5 Å². The van der Waals surface area contributed by atoms with Crippen molar-refractivity contribution < 1.29 is 0 Å². The van der Waals surface area contributed by atoms with Gasteiger partial charge in [0.2, 0.25) is 0 Å². The normalized spacial score (nSPS) is 12.7.